The number of nitrogens with one attached hydrogen (secondary N) is 1. The van der Waals surface area contributed by atoms with E-state index in [1.54, 1.807) is 6.07 Å². The van der Waals surface area contributed by atoms with Crippen LogP contribution in [0.3, 0.4) is 0 Å². The predicted molar refractivity (Wildman–Crippen MR) is 81.9 cm³/mol. The Bertz CT molecular complexity index is 642. The zero-order valence-electron chi connectivity index (χ0n) is 13.0. The molecule has 21 heavy (non-hydrogen) atoms. The highest BCUT2D eigenvalue weighted by molar-refractivity contribution is 5.78. The fraction of sp³-hybridized carbons (Fsp3) is 0.588. The Hall–Kier alpha value is -1.42. The third-order valence-corrected chi connectivity index (χ3v) is 4.43. The molecule has 0 bridgehead atoms. The van der Waals surface area contributed by atoms with Crippen molar-refractivity contribution in [3.63, 3.8) is 0 Å². The van der Waals surface area contributed by atoms with Gasteiger partial charge in [0.2, 0.25) is 0 Å². The van der Waals surface area contributed by atoms with E-state index in [9.17, 15) is 4.39 Å². The van der Waals surface area contributed by atoms with Crippen molar-refractivity contribution in [3.8, 4) is 0 Å². The van der Waals surface area contributed by atoms with Gasteiger partial charge in [0.25, 0.3) is 0 Å². The minimum atomic E-state index is -0.307. The number of benzene rings is 1. The lowest BCUT2D eigenvalue weighted by molar-refractivity contribution is 0.483. The number of hydrogen-bond acceptors (Lipinski definition) is 3. The lowest BCUT2D eigenvalue weighted by atomic mass is 10.1. The number of aromatic nitrogens is 1. The fourth-order valence-electron chi connectivity index (χ4n) is 3.05. The van der Waals surface area contributed by atoms with Gasteiger partial charge in [0.15, 0.2) is 17.3 Å². The molecule has 0 aliphatic heterocycles. The molecule has 1 heterocycles. The maximum Gasteiger partial charge on any atom is 0.198 e. The maximum absolute atomic E-state index is 14.2. The number of halogens is 1. The number of oxazole rings is 1. The molecule has 2 aromatic rings. The van der Waals surface area contributed by atoms with Crippen LogP contribution in [-0.2, 0) is 6.54 Å². The summed E-state index contributed by atoms with van der Waals surface area (Å²) >= 11 is 0. The van der Waals surface area contributed by atoms with E-state index in [2.05, 4.69) is 10.3 Å². The summed E-state index contributed by atoms with van der Waals surface area (Å²) in [7, 11) is 0. The molecule has 0 saturated heterocycles. The van der Waals surface area contributed by atoms with Crippen LogP contribution in [0.1, 0.15) is 62.5 Å². The maximum atomic E-state index is 14.2. The van der Waals surface area contributed by atoms with Crippen LogP contribution in [0.15, 0.2) is 10.5 Å². The average molecular weight is 290 g/mol. The standard InChI is InChI=1S/C17H23FN2O/c1-10(2)17-20-15-11(3)12(8-14(18)16(15)21-17)9-19-13-6-4-5-7-13/h8,10,13,19H,4-7,9H2,1-3H3. The highest BCUT2D eigenvalue weighted by Gasteiger charge is 2.19. The van der Waals surface area contributed by atoms with Crippen molar-refractivity contribution in [3.05, 3.63) is 28.9 Å². The van der Waals surface area contributed by atoms with Gasteiger partial charge in [0.05, 0.1) is 0 Å². The minimum absolute atomic E-state index is 0.163. The molecule has 0 radical (unpaired) electrons. The summed E-state index contributed by atoms with van der Waals surface area (Å²) in [5, 5.41) is 3.54. The van der Waals surface area contributed by atoms with Gasteiger partial charge in [-0.2, -0.15) is 0 Å². The second-order valence-corrected chi connectivity index (χ2v) is 6.39. The first-order valence-electron chi connectivity index (χ1n) is 7.88. The van der Waals surface area contributed by atoms with Gasteiger partial charge in [-0.1, -0.05) is 26.7 Å². The number of nitrogens with zero attached hydrogens (tertiary/aromatic N) is 1. The second-order valence-electron chi connectivity index (χ2n) is 6.39. The average Bonchev–Trinajstić information content (AvgIpc) is 3.10. The van der Waals surface area contributed by atoms with Crippen LogP contribution in [0.25, 0.3) is 11.1 Å². The van der Waals surface area contributed by atoms with Gasteiger partial charge in [-0.25, -0.2) is 9.37 Å². The second kappa shape index (κ2) is 5.76. The van der Waals surface area contributed by atoms with Crippen molar-refractivity contribution in [2.45, 2.75) is 65.0 Å². The lowest BCUT2D eigenvalue weighted by Crippen LogP contribution is -2.25. The van der Waals surface area contributed by atoms with E-state index >= 15 is 0 Å². The highest BCUT2D eigenvalue weighted by atomic mass is 19.1. The van der Waals surface area contributed by atoms with Gasteiger partial charge >= 0.3 is 0 Å². The molecule has 3 rings (SSSR count). The third kappa shape index (κ3) is 2.82. The number of hydrogen-bond donors (Lipinski definition) is 1. The molecule has 0 spiro atoms. The minimum Gasteiger partial charge on any atom is -0.437 e. The molecule has 1 aliphatic rings. The van der Waals surface area contributed by atoms with Crippen molar-refractivity contribution in [2.24, 2.45) is 0 Å². The molecule has 1 aliphatic carbocycles. The molecule has 1 N–H and O–H groups in total. The van der Waals surface area contributed by atoms with Crippen molar-refractivity contribution in [1.29, 1.82) is 0 Å². The number of fused-ring (bicyclic) bond motifs is 1. The van der Waals surface area contributed by atoms with Crippen molar-refractivity contribution in [2.75, 3.05) is 0 Å². The van der Waals surface area contributed by atoms with E-state index in [0.717, 1.165) is 11.1 Å². The Balaban J connectivity index is 1.90. The molecular formula is C17H23FN2O. The van der Waals surface area contributed by atoms with E-state index in [1.165, 1.54) is 25.7 Å². The van der Waals surface area contributed by atoms with Gasteiger partial charge in [0, 0.05) is 18.5 Å². The van der Waals surface area contributed by atoms with Crippen molar-refractivity contribution >= 4 is 11.1 Å². The Morgan fingerprint density at radius 2 is 2.10 bits per heavy atom. The number of aryl methyl sites for hydroxylation is 1. The summed E-state index contributed by atoms with van der Waals surface area (Å²) in [6.45, 7) is 6.70. The van der Waals surface area contributed by atoms with E-state index in [1.807, 2.05) is 20.8 Å². The van der Waals surface area contributed by atoms with Crippen LogP contribution in [0.5, 0.6) is 0 Å². The molecule has 1 fully saturated rings. The molecule has 114 valence electrons. The summed E-state index contributed by atoms with van der Waals surface area (Å²) in [5.74, 6) is 0.461. The third-order valence-electron chi connectivity index (χ3n) is 4.43. The first kappa shape index (κ1) is 14.5. The molecule has 0 amide bonds. The molecule has 0 unspecified atom stereocenters. The summed E-state index contributed by atoms with van der Waals surface area (Å²) in [6, 6.07) is 2.17. The lowest BCUT2D eigenvalue weighted by Gasteiger charge is -2.13. The number of rotatable bonds is 4. The predicted octanol–water partition coefficient (Wildman–Crippen LogP) is 4.43. The first-order valence-corrected chi connectivity index (χ1v) is 7.88. The van der Waals surface area contributed by atoms with Gasteiger partial charge in [0.1, 0.15) is 5.52 Å². The van der Waals surface area contributed by atoms with E-state index < -0.39 is 0 Å². The van der Waals surface area contributed by atoms with Gasteiger partial charge in [-0.05, 0) is 37.0 Å². The molecule has 4 heteroatoms. The van der Waals surface area contributed by atoms with E-state index in [0.29, 0.717) is 29.6 Å². The zero-order valence-corrected chi connectivity index (χ0v) is 13.0. The molecular weight excluding hydrogens is 267 g/mol. The molecule has 1 aromatic heterocycles. The smallest absolute Gasteiger partial charge is 0.198 e. The first-order chi connectivity index (χ1) is 10.1. The zero-order chi connectivity index (χ0) is 15.0. The normalized spacial score (nSPS) is 16.4. The topological polar surface area (TPSA) is 38.1 Å². The Labute approximate surface area is 124 Å². The van der Waals surface area contributed by atoms with Crippen LogP contribution < -0.4 is 5.32 Å². The fourth-order valence-corrected chi connectivity index (χ4v) is 3.05. The molecule has 0 atom stereocenters. The van der Waals surface area contributed by atoms with Crippen LogP contribution in [0.4, 0.5) is 4.39 Å². The molecule has 1 aromatic carbocycles. The monoisotopic (exact) mass is 290 g/mol. The Morgan fingerprint density at radius 3 is 2.76 bits per heavy atom. The quantitative estimate of drug-likeness (QED) is 0.905. The molecule has 1 saturated carbocycles. The summed E-state index contributed by atoms with van der Waals surface area (Å²) in [4.78, 5) is 4.48. The highest BCUT2D eigenvalue weighted by Crippen LogP contribution is 2.28. The van der Waals surface area contributed by atoms with Crippen LogP contribution in [-0.4, -0.2) is 11.0 Å². The van der Waals surface area contributed by atoms with Crippen LogP contribution in [0, 0.1) is 12.7 Å². The van der Waals surface area contributed by atoms with Crippen molar-refractivity contribution in [1.82, 2.24) is 10.3 Å². The van der Waals surface area contributed by atoms with Crippen LogP contribution in [0.2, 0.25) is 0 Å². The largest absolute Gasteiger partial charge is 0.437 e. The summed E-state index contributed by atoms with van der Waals surface area (Å²) in [6.07, 6.45) is 5.05. The van der Waals surface area contributed by atoms with Crippen molar-refractivity contribution < 1.29 is 8.81 Å². The van der Waals surface area contributed by atoms with Gasteiger partial charge in [-0.15, -0.1) is 0 Å². The van der Waals surface area contributed by atoms with Gasteiger partial charge < -0.3 is 9.73 Å². The van der Waals surface area contributed by atoms with Gasteiger partial charge in [-0.3, -0.25) is 0 Å². The summed E-state index contributed by atoms with van der Waals surface area (Å²) < 4.78 is 19.8. The van der Waals surface area contributed by atoms with E-state index in [4.69, 9.17) is 4.42 Å². The van der Waals surface area contributed by atoms with Crippen LogP contribution >= 0.6 is 0 Å². The van der Waals surface area contributed by atoms with E-state index in [-0.39, 0.29) is 11.7 Å². The Morgan fingerprint density at radius 1 is 1.38 bits per heavy atom. The SMILES string of the molecule is Cc1c(CNC2CCCC2)cc(F)c2oc(C(C)C)nc12. The Kier molecular flexibility index (Phi) is 3.98. The summed E-state index contributed by atoms with van der Waals surface area (Å²) in [5.41, 5.74) is 2.96. The molecule has 3 nitrogen and oxygen atoms in total.